The van der Waals surface area contributed by atoms with Crippen molar-refractivity contribution in [3.63, 3.8) is 0 Å². The van der Waals surface area contributed by atoms with E-state index in [9.17, 15) is 23.3 Å². The molecule has 4 rings (SSSR count). The Bertz CT molecular complexity index is 1490. The maximum absolute atomic E-state index is 13.1. The zero-order valence-electron chi connectivity index (χ0n) is 18.6. The van der Waals surface area contributed by atoms with Crippen LogP contribution in [0.2, 0.25) is 0 Å². The topological polar surface area (TPSA) is 119 Å². The van der Waals surface area contributed by atoms with Crippen LogP contribution in [0.1, 0.15) is 0 Å². The van der Waals surface area contributed by atoms with Crippen LogP contribution >= 0.6 is 0 Å². The van der Waals surface area contributed by atoms with Gasteiger partial charge in [0, 0.05) is 24.9 Å². The molecular formula is C25H21N3O6S. The molecule has 0 aromatic heterocycles. The molecule has 0 saturated carbocycles. The summed E-state index contributed by atoms with van der Waals surface area (Å²) in [6, 6.07) is 24.3. The molecule has 0 spiro atoms. The van der Waals surface area contributed by atoms with Crippen molar-refractivity contribution >= 4 is 43.8 Å². The molecule has 0 heterocycles. The van der Waals surface area contributed by atoms with Gasteiger partial charge in [0.25, 0.3) is 21.6 Å². The summed E-state index contributed by atoms with van der Waals surface area (Å²) in [5, 5.41) is 15.1. The van der Waals surface area contributed by atoms with E-state index in [2.05, 4.69) is 5.32 Å². The lowest BCUT2D eigenvalue weighted by Crippen LogP contribution is -2.26. The smallest absolute Gasteiger partial charge is 0.269 e. The first-order chi connectivity index (χ1) is 16.7. The van der Waals surface area contributed by atoms with Gasteiger partial charge in [0.2, 0.25) is 0 Å². The van der Waals surface area contributed by atoms with Gasteiger partial charge in [-0.05, 0) is 59.3 Å². The molecule has 10 heteroatoms. The Hall–Kier alpha value is -4.44. The summed E-state index contributed by atoms with van der Waals surface area (Å²) in [7, 11) is -2.31. The van der Waals surface area contributed by atoms with Gasteiger partial charge in [0.15, 0.2) is 6.61 Å². The third-order valence-corrected chi connectivity index (χ3v) is 7.09. The first-order valence-electron chi connectivity index (χ1n) is 10.5. The number of hydrogen-bond acceptors (Lipinski definition) is 6. The molecule has 1 N–H and O–H groups in total. The number of nitrogens with one attached hydrogen (secondary N) is 1. The normalized spacial score (nSPS) is 11.1. The molecule has 0 saturated heterocycles. The average molecular weight is 492 g/mol. The molecule has 0 radical (unpaired) electrons. The number of carbonyl (C=O) groups is 1. The first-order valence-corrected chi connectivity index (χ1v) is 11.9. The fraction of sp³-hybridized carbons (Fsp3) is 0.0800. The van der Waals surface area contributed by atoms with E-state index in [1.807, 2.05) is 24.3 Å². The first kappa shape index (κ1) is 23.7. The number of anilines is 2. The highest BCUT2D eigenvalue weighted by Crippen LogP contribution is 2.26. The molecule has 4 aromatic carbocycles. The van der Waals surface area contributed by atoms with Crippen molar-refractivity contribution in [1.29, 1.82) is 0 Å². The molecule has 0 aliphatic rings. The summed E-state index contributed by atoms with van der Waals surface area (Å²) in [6.07, 6.45) is 0. The summed E-state index contributed by atoms with van der Waals surface area (Å²) < 4.78 is 32.9. The van der Waals surface area contributed by atoms with Gasteiger partial charge in [0.05, 0.1) is 15.5 Å². The van der Waals surface area contributed by atoms with Gasteiger partial charge in [0.1, 0.15) is 5.75 Å². The largest absolute Gasteiger partial charge is 0.484 e. The van der Waals surface area contributed by atoms with Crippen molar-refractivity contribution in [2.75, 3.05) is 23.3 Å². The Labute approximate surface area is 201 Å². The second kappa shape index (κ2) is 9.82. The monoisotopic (exact) mass is 491 g/mol. The number of carbonyl (C=O) groups excluding carboxylic acids is 1. The lowest BCUT2D eigenvalue weighted by atomic mass is 10.1. The van der Waals surface area contributed by atoms with Crippen LogP contribution in [0.5, 0.6) is 5.75 Å². The van der Waals surface area contributed by atoms with Gasteiger partial charge in [-0.3, -0.25) is 19.2 Å². The molecule has 1 amide bonds. The van der Waals surface area contributed by atoms with E-state index >= 15 is 0 Å². The summed E-state index contributed by atoms with van der Waals surface area (Å²) in [5.41, 5.74) is 0.757. The zero-order valence-corrected chi connectivity index (χ0v) is 19.4. The minimum absolute atomic E-state index is 0.0769. The molecule has 0 aliphatic heterocycles. The zero-order chi connectivity index (χ0) is 25.0. The molecule has 0 atom stereocenters. The summed E-state index contributed by atoms with van der Waals surface area (Å²) in [4.78, 5) is 22.5. The number of rotatable bonds is 8. The highest BCUT2D eigenvalue weighted by Gasteiger charge is 2.21. The van der Waals surface area contributed by atoms with Gasteiger partial charge >= 0.3 is 0 Å². The van der Waals surface area contributed by atoms with E-state index in [0.717, 1.165) is 10.8 Å². The van der Waals surface area contributed by atoms with Gasteiger partial charge in [-0.1, -0.05) is 30.3 Å². The third kappa shape index (κ3) is 5.39. The van der Waals surface area contributed by atoms with Gasteiger partial charge in [-0.15, -0.1) is 0 Å². The molecule has 4 aromatic rings. The van der Waals surface area contributed by atoms with Crippen molar-refractivity contribution in [1.82, 2.24) is 0 Å². The standard InChI is InChI=1S/C25H21N3O6S/c1-27(35(32,33)24-15-6-18-4-2-3-5-19(18)16-24)21-11-13-23(14-12-21)34-17-25(29)26-20-7-9-22(10-8-20)28(30)31/h2-16H,17H2,1H3,(H,26,29). The molecule has 178 valence electrons. The van der Waals surface area contributed by atoms with Crippen LogP contribution in [-0.2, 0) is 14.8 Å². The van der Waals surface area contributed by atoms with Gasteiger partial charge < -0.3 is 10.1 Å². The third-order valence-electron chi connectivity index (χ3n) is 5.31. The van der Waals surface area contributed by atoms with Crippen molar-refractivity contribution in [3.05, 3.63) is 101 Å². The summed E-state index contributed by atoms with van der Waals surface area (Å²) in [6.45, 7) is -0.290. The van der Waals surface area contributed by atoms with Gasteiger partial charge in [-0.2, -0.15) is 0 Å². The summed E-state index contributed by atoms with van der Waals surface area (Å²) >= 11 is 0. The lowest BCUT2D eigenvalue weighted by molar-refractivity contribution is -0.384. The highest BCUT2D eigenvalue weighted by atomic mass is 32.2. The second-order valence-corrected chi connectivity index (χ2v) is 9.59. The van der Waals surface area contributed by atoms with Crippen molar-refractivity contribution in [2.45, 2.75) is 4.90 Å². The van der Waals surface area contributed by atoms with Crippen molar-refractivity contribution < 1.29 is 22.9 Å². The van der Waals surface area contributed by atoms with Crippen molar-refractivity contribution in [3.8, 4) is 5.75 Å². The number of fused-ring (bicyclic) bond motifs is 1. The average Bonchev–Trinajstić information content (AvgIpc) is 2.87. The van der Waals surface area contributed by atoms with Crippen LogP contribution < -0.4 is 14.4 Å². The second-order valence-electron chi connectivity index (χ2n) is 7.62. The predicted octanol–water partition coefficient (Wildman–Crippen LogP) is 4.59. The number of nitrogens with zero attached hydrogens (tertiary/aromatic N) is 2. The van der Waals surface area contributed by atoms with Crippen LogP contribution in [-0.4, -0.2) is 32.9 Å². The SMILES string of the molecule is CN(c1ccc(OCC(=O)Nc2ccc([N+](=O)[O-])cc2)cc1)S(=O)(=O)c1ccc2ccccc2c1. The maximum atomic E-state index is 13.1. The Morgan fingerprint density at radius 1 is 0.943 bits per heavy atom. The Morgan fingerprint density at radius 2 is 1.60 bits per heavy atom. The maximum Gasteiger partial charge on any atom is 0.269 e. The number of hydrogen-bond donors (Lipinski definition) is 1. The van der Waals surface area contributed by atoms with E-state index in [0.29, 0.717) is 17.1 Å². The highest BCUT2D eigenvalue weighted by molar-refractivity contribution is 7.92. The van der Waals surface area contributed by atoms with Crippen LogP contribution in [0, 0.1) is 10.1 Å². The van der Waals surface area contributed by atoms with Gasteiger partial charge in [-0.25, -0.2) is 8.42 Å². The number of nitro groups is 1. The number of ether oxygens (including phenoxy) is 1. The molecular weight excluding hydrogens is 470 g/mol. The fourth-order valence-corrected chi connectivity index (χ4v) is 4.62. The minimum atomic E-state index is -3.78. The lowest BCUT2D eigenvalue weighted by Gasteiger charge is -2.20. The van der Waals surface area contributed by atoms with E-state index in [4.69, 9.17) is 4.74 Å². The Balaban J connectivity index is 1.38. The van der Waals surface area contributed by atoms with E-state index in [-0.39, 0.29) is 17.2 Å². The van der Waals surface area contributed by atoms with E-state index < -0.39 is 20.9 Å². The Kier molecular flexibility index (Phi) is 6.65. The van der Waals surface area contributed by atoms with Crippen molar-refractivity contribution in [2.24, 2.45) is 0 Å². The number of amides is 1. The number of sulfonamides is 1. The number of nitro benzene ring substituents is 1. The number of benzene rings is 4. The van der Waals surface area contributed by atoms with Crippen LogP contribution in [0.4, 0.5) is 17.1 Å². The molecule has 9 nitrogen and oxygen atoms in total. The van der Waals surface area contributed by atoms with Crippen LogP contribution in [0.25, 0.3) is 10.8 Å². The van der Waals surface area contributed by atoms with Crippen LogP contribution in [0.3, 0.4) is 0 Å². The summed E-state index contributed by atoms with van der Waals surface area (Å²) in [5.74, 6) is -0.0666. The predicted molar refractivity (Wildman–Crippen MR) is 133 cm³/mol. The van der Waals surface area contributed by atoms with Crippen LogP contribution in [0.15, 0.2) is 95.9 Å². The molecule has 0 aliphatic carbocycles. The molecule has 0 bridgehead atoms. The molecule has 0 fully saturated rings. The number of non-ortho nitro benzene ring substituents is 1. The fourth-order valence-electron chi connectivity index (χ4n) is 3.39. The molecule has 35 heavy (non-hydrogen) atoms. The minimum Gasteiger partial charge on any atom is -0.484 e. The van der Waals surface area contributed by atoms with E-state index in [1.54, 1.807) is 42.5 Å². The molecule has 0 unspecified atom stereocenters. The Morgan fingerprint density at radius 3 is 2.26 bits per heavy atom. The quantitative estimate of drug-likeness (QED) is 0.284. The van der Waals surface area contributed by atoms with E-state index in [1.165, 1.54) is 35.6 Å².